The smallest absolute Gasteiger partial charge is 0.0687 e. The zero-order valence-electron chi connectivity index (χ0n) is 12.8. The van der Waals surface area contributed by atoms with Gasteiger partial charge >= 0.3 is 0 Å². The molecule has 1 heterocycles. The van der Waals surface area contributed by atoms with Crippen molar-refractivity contribution in [2.75, 3.05) is 13.2 Å². The summed E-state index contributed by atoms with van der Waals surface area (Å²) < 4.78 is 6.48. The lowest BCUT2D eigenvalue weighted by Crippen LogP contribution is -2.39. The summed E-state index contributed by atoms with van der Waals surface area (Å²) in [4.78, 5) is 0. The van der Waals surface area contributed by atoms with Gasteiger partial charge in [0, 0.05) is 12.0 Å². The number of nitrogens with two attached hydrogens (primary N) is 1. The molecule has 0 aromatic heterocycles. The van der Waals surface area contributed by atoms with Crippen molar-refractivity contribution >= 4 is 0 Å². The number of ether oxygens (including phenoxy) is 1. The standard InChI is InChI=1S/C17H31NO2/c18-12-16(13-19,10-14-4-5-14)11-15-6-9-17(20-15)7-2-1-3-8-17/h14-15,19H,1-13,18H2. The zero-order valence-corrected chi connectivity index (χ0v) is 12.8. The molecule has 0 radical (unpaired) electrons. The van der Waals surface area contributed by atoms with E-state index in [2.05, 4.69) is 0 Å². The fourth-order valence-electron chi connectivity index (χ4n) is 4.46. The van der Waals surface area contributed by atoms with E-state index in [0.29, 0.717) is 12.6 Å². The molecule has 0 amide bonds. The lowest BCUT2D eigenvalue weighted by molar-refractivity contribution is -0.0819. The number of hydrogen-bond donors (Lipinski definition) is 2. The van der Waals surface area contributed by atoms with Gasteiger partial charge in [-0.05, 0) is 44.4 Å². The molecule has 1 spiro atoms. The monoisotopic (exact) mass is 281 g/mol. The normalized spacial score (nSPS) is 32.4. The highest BCUT2D eigenvalue weighted by Gasteiger charge is 2.44. The van der Waals surface area contributed by atoms with Crippen LogP contribution >= 0.6 is 0 Å². The molecule has 1 saturated heterocycles. The molecule has 116 valence electrons. The Balaban J connectivity index is 1.58. The first kappa shape index (κ1) is 14.8. The molecule has 1 aliphatic heterocycles. The van der Waals surface area contributed by atoms with Crippen LogP contribution in [0.25, 0.3) is 0 Å². The summed E-state index contributed by atoms with van der Waals surface area (Å²) in [6.45, 7) is 0.833. The Labute approximate surface area is 123 Å². The molecule has 0 bridgehead atoms. The third-order valence-corrected chi connectivity index (χ3v) is 5.95. The van der Waals surface area contributed by atoms with Crippen LogP contribution in [0.3, 0.4) is 0 Å². The summed E-state index contributed by atoms with van der Waals surface area (Å²) in [5.41, 5.74) is 6.14. The second-order valence-electron chi connectivity index (χ2n) is 7.74. The van der Waals surface area contributed by atoms with Crippen LogP contribution in [0.15, 0.2) is 0 Å². The summed E-state index contributed by atoms with van der Waals surface area (Å²) in [6.07, 6.45) is 14.0. The number of hydrogen-bond acceptors (Lipinski definition) is 3. The van der Waals surface area contributed by atoms with Gasteiger partial charge in [-0.15, -0.1) is 0 Å². The van der Waals surface area contributed by atoms with E-state index >= 15 is 0 Å². The van der Waals surface area contributed by atoms with Gasteiger partial charge in [0.1, 0.15) is 0 Å². The number of rotatable bonds is 6. The minimum atomic E-state index is -0.0774. The molecule has 20 heavy (non-hydrogen) atoms. The van der Waals surface area contributed by atoms with Crippen LogP contribution in [0.1, 0.15) is 70.6 Å². The summed E-state index contributed by atoms with van der Waals surface area (Å²) in [5.74, 6) is 0.816. The van der Waals surface area contributed by atoms with Gasteiger partial charge in [-0.2, -0.15) is 0 Å². The zero-order chi connectivity index (χ0) is 14.1. The number of aliphatic hydroxyl groups excluding tert-OH is 1. The Hall–Kier alpha value is -0.120. The Kier molecular flexibility index (Phi) is 4.40. The predicted molar refractivity (Wildman–Crippen MR) is 80.5 cm³/mol. The maximum atomic E-state index is 9.88. The largest absolute Gasteiger partial charge is 0.396 e. The quantitative estimate of drug-likeness (QED) is 0.787. The highest BCUT2D eigenvalue weighted by atomic mass is 16.5. The van der Waals surface area contributed by atoms with E-state index in [1.807, 2.05) is 0 Å². The highest BCUT2D eigenvalue weighted by Crippen LogP contribution is 2.47. The Bertz CT molecular complexity index is 317. The van der Waals surface area contributed by atoms with Crippen LogP contribution < -0.4 is 5.73 Å². The number of aliphatic hydroxyl groups is 1. The summed E-state index contributed by atoms with van der Waals surface area (Å²) in [5, 5.41) is 9.88. The van der Waals surface area contributed by atoms with Crippen LogP contribution in [0.2, 0.25) is 0 Å². The molecular weight excluding hydrogens is 250 g/mol. The minimum absolute atomic E-state index is 0.0774. The average molecular weight is 281 g/mol. The van der Waals surface area contributed by atoms with Gasteiger partial charge < -0.3 is 15.6 Å². The Morgan fingerprint density at radius 1 is 1.05 bits per heavy atom. The van der Waals surface area contributed by atoms with Crippen molar-refractivity contribution in [1.29, 1.82) is 0 Å². The van der Waals surface area contributed by atoms with Gasteiger partial charge in [0.15, 0.2) is 0 Å². The Morgan fingerprint density at radius 2 is 1.80 bits per heavy atom. The van der Waals surface area contributed by atoms with Crippen molar-refractivity contribution in [3.63, 3.8) is 0 Å². The summed E-state index contributed by atoms with van der Waals surface area (Å²) >= 11 is 0. The summed E-state index contributed by atoms with van der Waals surface area (Å²) in [7, 11) is 0. The molecule has 2 saturated carbocycles. The third-order valence-electron chi connectivity index (χ3n) is 5.95. The van der Waals surface area contributed by atoms with Crippen molar-refractivity contribution < 1.29 is 9.84 Å². The first-order chi connectivity index (χ1) is 9.69. The van der Waals surface area contributed by atoms with E-state index in [1.54, 1.807) is 0 Å². The van der Waals surface area contributed by atoms with Crippen molar-refractivity contribution in [1.82, 2.24) is 0 Å². The van der Waals surface area contributed by atoms with E-state index in [1.165, 1.54) is 57.8 Å². The maximum absolute atomic E-state index is 9.88. The molecule has 3 fully saturated rings. The van der Waals surface area contributed by atoms with Gasteiger partial charge in [0.25, 0.3) is 0 Å². The van der Waals surface area contributed by atoms with Crippen molar-refractivity contribution in [3.05, 3.63) is 0 Å². The average Bonchev–Trinajstić information content (AvgIpc) is 3.21. The SMILES string of the molecule is NCC(CO)(CC1CC1)CC1CCC2(CCCCC2)O1. The van der Waals surface area contributed by atoms with Crippen LogP contribution in [0, 0.1) is 11.3 Å². The fourth-order valence-corrected chi connectivity index (χ4v) is 4.46. The van der Waals surface area contributed by atoms with E-state index in [-0.39, 0.29) is 17.6 Å². The predicted octanol–water partition coefficient (Wildman–Crippen LogP) is 3.00. The van der Waals surface area contributed by atoms with E-state index < -0.39 is 0 Å². The topological polar surface area (TPSA) is 55.5 Å². The highest BCUT2D eigenvalue weighted by molar-refractivity contribution is 4.95. The minimum Gasteiger partial charge on any atom is -0.396 e. The van der Waals surface area contributed by atoms with Crippen LogP contribution in [-0.2, 0) is 4.74 Å². The maximum Gasteiger partial charge on any atom is 0.0687 e. The van der Waals surface area contributed by atoms with Crippen molar-refractivity contribution in [3.8, 4) is 0 Å². The van der Waals surface area contributed by atoms with E-state index in [4.69, 9.17) is 10.5 Å². The molecular formula is C17H31NO2. The first-order valence-corrected chi connectivity index (χ1v) is 8.68. The van der Waals surface area contributed by atoms with Crippen LogP contribution in [-0.4, -0.2) is 30.0 Å². The van der Waals surface area contributed by atoms with Gasteiger partial charge in [0.05, 0.1) is 18.3 Å². The Morgan fingerprint density at radius 3 is 2.40 bits per heavy atom. The molecule has 0 aromatic carbocycles. The molecule has 3 aliphatic rings. The van der Waals surface area contributed by atoms with Gasteiger partial charge in [0.2, 0.25) is 0 Å². The first-order valence-electron chi connectivity index (χ1n) is 8.68. The van der Waals surface area contributed by atoms with E-state index in [9.17, 15) is 5.11 Å². The molecule has 3 nitrogen and oxygen atoms in total. The van der Waals surface area contributed by atoms with Crippen LogP contribution in [0.5, 0.6) is 0 Å². The fraction of sp³-hybridized carbons (Fsp3) is 1.00. The van der Waals surface area contributed by atoms with Crippen LogP contribution in [0.4, 0.5) is 0 Å². The van der Waals surface area contributed by atoms with Crippen molar-refractivity contribution in [2.24, 2.45) is 17.1 Å². The van der Waals surface area contributed by atoms with Gasteiger partial charge in [-0.3, -0.25) is 0 Å². The molecule has 3 heteroatoms. The molecule has 3 rings (SSSR count). The molecule has 0 aromatic rings. The molecule has 2 aliphatic carbocycles. The third kappa shape index (κ3) is 3.20. The van der Waals surface area contributed by atoms with Gasteiger partial charge in [-0.25, -0.2) is 0 Å². The second-order valence-corrected chi connectivity index (χ2v) is 7.74. The van der Waals surface area contributed by atoms with Gasteiger partial charge in [-0.1, -0.05) is 32.1 Å². The summed E-state index contributed by atoms with van der Waals surface area (Å²) in [6, 6.07) is 0. The lowest BCUT2D eigenvalue weighted by atomic mass is 9.77. The van der Waals surface area contributed by atoms with E-state index in [0.717, 1.165) is 18.8 Å². The second kappa shape index (κ2) is 5.94. The molecule has 2 unspecified atom stereocenters. The van der Waals surface area contributed by atoms with Crippen molar-refractivity contribution in [2.45, 2.75) is 82.3 Å². The lowest BCUT2D eigenvalue weighted by Gasteiger charge is -2.36. The molecule has 3 N–H and O–H groups in total. The molecule has 2 atom stereocenters.